The zero-order valence-electron chi connectivity index (χ0n) is 18.1. The Morgan fingerprint density at radius 3 is 2.70 bits per heavy atom. The molecule has 9 heteroatoms. The van der Waals surface area contributed by atoms with Gasteiger partial charge in [-0.25, -0.2) is 9.97 Å². The summed E-state index contributed by atoms with van der Waals surface area (Å²) in [5.74, 6) is 0.942. The molecule has 1 aliphatic heterocycles. The molecule has 5 rings (SSSR count). The lowest BCUT2D eigenvalue weighted by Crippen LogP contribution is -2.38. The monoisotopic (exact) mass is 474 g/mol. The summed E-state index contributed by atoms with van der Waals surface area (Å²) in [6.07, 6.45) is 0.159. The lowest BCUT2D eigenvalue weighted by atomic mass is 9.89. The molecule has 3 aromatic rings. The number of hydrogen-bond acceptors (Lipinski definition) is 6. The molecule has 0 atom stereocenters. The van der Waals surface area contributed by atoms with E-state index in [0.717, 1.165) is 50.2 Å². The van der Waals surface area contributed by atoms with Crippen LogP contribution in [0.4, 0.5) is 19.0 Å². The minimum absolute atomic E-state index is 0.222. The largest absolute Gasteiger partial charge is 0.393 e. The molecule has 5 nitrogen and oxygen atoms in total. The number of fused-ring (bicyclic) bond motifs is 2. The van der Waals surface area contributed by atoms with Crippen LogP contribution in [-0.2, 0) is 30.6 Å². The van der Waals surface area contributed by atoms with Gasteiger partial charge in [-0.2, -0.15) is 13.2 Å². The molecule has 0 bridgehead atoms. The van der Waals surface area contributed by atoms with Crippen LogP contribution in [-0.4, -0.2) is 46.0 Å². The number of Topliss-reactive ketones (excluding diaryl/α,β-unsaturated/α-hetero) is 1. The number of alkyl halides is 3. The van der Waals surface area contributed by atoms with E-state index in [4.69, 9.17) is 0 Å². The number of carbonyl (C=O) groups is 1. The maximum atomic E-state index is 12.8. The van der Waals surface area contributed by atoms with E-state index in [9.17, 15) is 18.0 Å². The quantitative estimate of drug-likeness (QED) is 0.568. The van der Waals surface area contributed by atoms with E-state index in [0.29, 0.717) is 34.7 Å². The second-order valence-electron chi connectivity index (χ2n) is 8.96. The SMILES string of the molecule is O=C1CCc2cc(CN3CCC(Nc4ncnc5sc(CC(F)(F)F)cc45)CC3)ccc2C1. The molecule has 2 aliphatic rings. The summed E-state index contributed by atoms with van der Waals surface area (Å²) < 4.78 is 38.3. The van der Waals surface area contributed by atoms with E-state index in [1.54, 1.807) is 6.07 Å². The highest BCUT2D eigenvalue weighted by atomic mass is 32.1. The van der Waals surface area contributed by atoms with Crippen molar-refractivity contribution < 1.29 is 18.0 Å². The molecule has 0 radical (unpaired) electrons. The first-order valence-electron chi connectivity index (χ1n) is 11.2. The molecular weight excluding hydrogens is 449 g/mol. The zero-order chi connectivity index (χ0) is 23.0. The molecule has 174 valence electrons. The molecule has 0 unspecified atom stereocenters. The van der Waals surface area contributed by atoms with Gasteiger partial charge in [-0.3, -0.25) is 9.69 Å². The third-order valence-electron chi connectivity index (χ3n) is 6.42. The van der Waals surface area contributed by atoms with Crippen molar-refractivity contribution in [2.75, 3.05) is 18.4 Å². The van der Waals surface area contributed by atoms with Gasteiger partial charge in [0.15, 0.2) is 0 Å². The Bertz CT molecular complexity index is 1170. The Hall–Kier alpha value is -2.52. The molecule has 1 fully saturated rings. The fraction of sp³-hybridized carbons (Fsp3) is 0.458. The minimum atomic E-state index is -4.23. The highest BCUT2D eigenvalue weighted by Gasteiger charge is 2.29. The van der Waals surface area contributed by atoms with E-state index in [-0.39, 0.29) is 10.9 Å². The molecule has 1 saturated heterocycles. The van der Waals surface area contributed by atoms with Crippen LogP contribution in [0.5, 0.6) is 0 Å². The number of benzene rings is 1. The number of carbonyl (C=O) groups excluding carboxylic acids is 1. The molecular formula is C24H25F3N4OS. The van der Waals surface area contributed by atoms with Gasteiger partial charge in [-0.15, -0.1) is 11.3 Å². The van der Waals surface area contributed by atoms with Crippen molar-refractivity contribution in [2.45, 2.75) is 57.3 Å². The maximum Gasteiger partial charge on any atom is 0.393 e. The second kappa shape index (κ2) is 9.02. The average molecular weight is 475 g/mol. The van der Waals surface area contributed by atoms with Crippen molar-refractivity contribution in [3.63, 3.8) is 0 Å². The lowest BCUT2D eigenvalue weighted by molar-refractivity contribution is -0.126. The van der Waals surface area contributed by atoms with Gasteiger partial charge in [0, 0.05) is 43.4 Å². The third kappa shape index (κ3) is 5.35. The predicted octanol–water partition coefficient (Wildman–Crippen LogP) is 4.93. The number of halogens is 3. The number of aryl methyl sites for hydroxylation is 1. The van der Waals surface area contributed by atoms with Crippen LogP contribution in [0.3, 0.4) is 0 Å². The van der Waals surface area contributed by atoms with Crippen LogP contribution in [0.15, 0.2) is 30.6 Å². The highest BCUT2D eigenvalue weighted by Crippen LogP contribution is 2.33. The van der Waals surface area contributed by atoms with E-state index < -0.39 is 12.6 Å². The van der Waals surface area contributed by atoms with E-state index in [1.165, 1.54) is 23.0 Å². The molecule has 1 aromatic carbocycles. The number of anilines is 1. The second-order valence-corrected chi connectivity index (χ2v) is 10.1. The summed E-state index contributed by atoms with van der Waals surface area (Å²) in [6, 6.07) is 8.27. The number of piperidine rings is 1. The number of aromatic nitrogens is 2. The van der Waals surface area contributed by atoms with Crippen LogP contribution in [0.2, 0.25) is 0 Å². The Balaban J connectivity index is 1.19. The molecule has 0 amide bonds. The summed E-state index contributed by atoms with van der Waals surface area (Å²) in [7, 11) is 0. The number of rotatable bonds is 5. The molecule has 0 spiro atoms. The standard InChI is InChI=1S/C24H25F3N4OS/c25-24(26,27)12-20-11-21-22(28-14-29-23(21)33-20)30-18-5-7-31(8-6-18)13-15-1-2-17-10-19(32)4-3-16(17)9-15/h1-2,9,11,14,18H,3-8,10,12-13H2,(H,28,29,30). The highest BCUT2D eigenvalue weighted by molar-refractivity contribution is 7.18. The van der Waals surface area contributed by atoms with E-state index in [1.807, 2.05) is 0 Å². The van der Waals surface area contributed by atoms with Gasteiger partial charge in [0.05, 0.1) is 11.8 Å². The van der Waals surface area contributed by atoms with Gasteiger partial charge in [-0.05, 0) is 42.0 Å². The van der Waals surface area contributed by atoms with Crippen molar-refractivity contribution in [2.24, 2.45) is 0 Å². The van der Waals surface area contributed by atoms with Gasteiger partial charge in [0.25, 0.3) is 0 Å². The van der Waals surface area contributed by atoms with Crippen molar-refractivity contribution in [1.29, 1.82) is 0 Å². The Morgan fingerprint density at radius 2 is 1.91 bits per heavy atom. The summed E-state index contributed by atoms with van der Waals surface area (Å²) in [6.45, 7) is 2.76. The van der Waals surface area contributed by atoms with Gasteiger partial charge >= 0.3 is 6.18 Å². The van der Waals surface area contributed by atoms with Gasteiger partial charge in [0.2, 0.25) is 0 Å². The molecule has 1 aliphatic carbocycles. The van der Waals surface area contributed by atoms with Crippen LogP contribution in [0.1, 0.15) is 40.8 Å². The minimum Gasteiger partial charge on any atom is -0.367 e. The predicted molar refractivity (Wildman–Crippen MR) is 123 cm³/mol. The average Bonchev–Trinajstić information content (AvgIpc) is 3.17. The van der Waals surface area contributed by atoms with E-state index >= 15 is 0 Å². The summed E-state index contributed by atoms with van der Waals surface area (Å²) >= 11 is 1.07. The Kier molecular flexibility index (Phi) is 6.09. The topological polar surface area (TPSA) is 58.1 Å². The van der Waals surface area contributed by atoms with Crippen LogP contribution in [0, 0.1) is 0 Å². The molecule has 1 N–H and O–H groups in total. The molecule has 3 heterocycles. The number of nitrogens with zero attached hydrogens (tertiary/aromatic N) is 3. The first-order valence-corrected chi connectivity index (χ1v) is 12.1. The Morgan fingerprint density at radius 1 is 1.09 bits per heavy atom. The summed E-state index contributed by atoms with van der Waals surface area (Å²) in [5.41, 5.74) is 3.75. The number of nitrogens with one attached hydrogen (secondary N) is 1. The number of thiophene rings is 1. The normalized spacial score (nSPS) is 18.0. The van der Waals surface area contributed by atoms with Crippen LogP contribution >= 0.6 is 11.3 Å². The van der Waals surface area contributed by atoms with Crippen molar-refractivity contribution in [3.05, 3.63) is 52.2 Å². The molecule has 33 heavy (non-hydrogen) atoms. The fourth-order valence-corrected chi connectivity index (χ4v) is 5.78. The molecule has 0 saturated carbocycles. The van der Waals surface area contributed by atoms with E-state index in [2.05, 4.69) is 38.4 Å². The van der Waals surface area contributed by atoms with Gasteiger partial charge in [0.1, 0.15) is 22.8 Å². The van der Waals surface area contributed by atoms with Gasteiger partial charge < -0.3 is 5.32 Å². The summed E-state index contributed by atoms with van der Waals surface area (Å²) in [5, 5.41) is 4.11. The first-order chi connectivity index (χ1) is 15.8. The van der Waals surface area contributed by atoms with Gasteiger partial charge in [-0.1, -0.05) is 18.2 Å². The van der Waals surface area contributed by atoms with Crippen molar-refractivity contribution >= 4 is 33.2 Å². The first kappa shape index (κ1) is 22.3. The zero-order valence-corrected chi connectivity index (χ0v) is 18.9. The number of likely N-dealkylation sites (tertiary alicyclic amines) is 1. The number of ketones is 1. The maximum absolute atomic E-state index is 12.8. The Labute approximate surface area is 194 Å². The third-order valence-corrected chi connectivity index (χ3v) is 7.46. The number of hydrogen-bond donors (Lipinski definition) is 1. The summed E-state index contributed by atoms with van der Waals surface area (Å²) in [4.78, 5) is 23.4. The molecule has 2 aromatic heterocycles. The van der Waals surface area contributed by atoms with Crippen molar-refractivity contribution in [1.82, 2.24) is 14.9 Å². The van der Waals surface area contributed by atoms with Crippen LogP contribution < -0.4 is 5.32 Å². The van der Waals surface area contributed by atoms with Crippen LogP contribution in [0.25, 0.3) is 10.2 Å². The fourth-order valence-electron chi connectivity index (χ4n) is 4.75. The van der Waals surface area contributed by atoms with Crippen molar-refractivity contribution in [3.8, 4) is 0 Å². The smallest absolute Gasteiger partial charge is 0.367 e. The lowest BCUT2D eigenvalue weighted by Gasteiger charge is -2.33.